The number of halogens is 1. The lowest BCUT2D eigenvalue weighted by molar-refractivity contribution is -0.650. The van der Waals surface area contributed by atoms with E-state index < -0.39 is 0 Å². The Morgan fingerprint density at radius 3 is 2.56 bits per heavy atom. The number of hydrogen-bond acceptors (Lipinski definition) is 1. The number of fused-ring (bicyclic) bond motifs is 1. The van der Waals surface area contributed by atoms with Crippen LogP contribution in [0.2, 0.25) is 5.02 Å². The number of imidazole rings is 1. The van der Waals surface area contributed by atoms with Gasteiger partial charge < -0.3 is 5.11 Å². The van der Waals surface area contributed by atoms with Gasteiger partial charge in [0.05, 0.1) is 13.2 Å². The van der Waals surface area contributed by atoms with E-state index in [2.05, 4.69) is 0 Å². The zero-order chi connectivity index (χ0) is 12.7. The number of hydrogen-bond donors (Lipinski definition) is 1. The second-order valence-electron chi connectivity index (χ2n) is 4.17. The summed E-state index contributed by atoms with van der Waals surface area (Å²) >= 11 is 5.89. The summed E-state index contributed by atoms with van der Waals surface area (Å²) in [6.45, 7) is 0. The fraction of sp³-hybridized carbons (Fsp3) is 0.0714. The van der Waals surface area contributed by atoms with Gasteiger partial charge in [-0.25, -0.2) is 0 Å². The Balaban J connectivity index is 2.35. The molecule has 0 aliphatic heterocycles. The third-order valence-corrected chi connectivity index (χ3v) is 3.32. The summed E-state index contributed by atoms with van der Waals surface area (Å²) in [6, 6.07) is 13.3. The monoisotopic (exact) mass is 259 g/mol. The molecule has 0 saturated carbocycles. The molecule has 1 aromatic carbocycles. The molecule has 3 aromatic rings. The van der Waals surface area contributed by atoms with Crippen LogP contribution < -0.4 is 4.57 Å². The summed E-state index contributed by atoms with van der Waals surface area (Å²) in [5.74, 6) is 0.239. The minimum Gasteiger partial charge on any atom is -0.475 e. The van der Waals surface area contributed by atoms with Crippen LogP contribution in [0, 0.1) is 0 Å². The minimum atomic E-state index is 0.239. The van der Waals surface area contributed by atoms with Crippen LogP contribution in [0.4, 0.5) is 0 Å². The molecule has 0 atom stereocenters. The number of nitrogens with zero attached hydrogens (tertiary/aromatic N) is 2. The summed E-state index contributed by atoms with van der Waals surface area (Å²) in [6.07, 6.45) is 1.93. The van der Waals surface area contributed by atoms with Crippen molar-refractivity contribution in [1.82, 2.24) is 4.40 Å². The zero-order valence-electron chi connectivity index (χ0n) is 9.84. The van der Waals surface area contributed by atoms with E-state index in [9.17, 15) is 5.11 Å². The van der Waals surface area contributed by atoms with Gasteiger partial charge in [0, 0.05) is 16.7 Å². The number of pyridine rings is 1. The maximum atomic E-state index is 10.3. The van der Waals surface area contributed by atoms with Crippen LogP contribution in [0.25, 0.3) is 16.9 Å². The fourth-order valence-corrected chi connectivity index (χ4v) is 2.27. The van der Waals surface area contributed by atoms with Gasteiger partial charge in [0.15, 0.2) is 0 Å². The largest absolute Gasteiger partial charge is 0.475 e. The molecule has 3 rings (SSSR count). The molecule has 4 heteroatoms. The SMILES string of the molecule is C[n+]1c(O)c(-c2ccc(Cl)cc2)n2ccccc21. The van der Waals surface area contributed by atoms with E-state index in [-0.39, 0.29) is 5.88 Å². The smallest absolute Gasteiger partial charge is 0.331 e. The molecule has 0 aliphatic carbocycles. The zero-order valence-corrected chi connectivity index (χ0v) is 10.6. The number of aromatic hydroxyl groups is 1. The van der Waals surface area contributed by atoms with Crippen molar-refractivity contribution in [2.24, 2.45) is 7.05 Å². The molecule has 1 N–H and O–H groups in total. The predicted octanol–water partition coefficient (Wildman–Crippen LogP) is 2.79. The number of benzene rings is 1. The molecule has 0 aliphatic rings. The summed E-state index contributed by atoms with van der Waals surface area (Å²) < 4.78 is 3.71. The van der Waals surface area contributed by atoms with Gasteiger partial charge in [0.25, 0.3) is 5.65 Å². The molecule has 0 spiro atoms. The molecular formula is C14H12ClN2O+. The topological polar surface area (TPSA) is 28.5 Å². The first-order valence-electron chi connectivity index (χ1n) is 5.62. The van der Waals surface area contributed by atoms with Crippen LogP contribution in [0.1, 0.15) is 0 Å². The quantitative estimate of drug-likeness (QED) is 0.669. The lowest BCUT2D eigenvalue weighted by Gasteiger charge is -1.96. The first-order valence-corrected chi connectivity index (χ1v) is 6.00. The molecule has 90 valence electrons. The van der Waals surface area contributed by atoms with Crippen molar-refractivity contribution < 1.29 is 9.67 Å². The minimum absolute atomic E-state index is 0.239. The highest BCUT2D eigenvalue weighted by Gasteiger charge is 2.23. The van der Waals surface area contributed by atoms with Crippen molar-refractivity contribution in [2.45, 2.75) is 0 Å². The third-order valence-electron chi connectivity index (χ3n) is 3.07. The van der Waals surface area contributed by atoms with E-state index in [4.69, 9.17) is 11.6 Å². The number of aryl methyl sites for hydroxylation is 1. The Morgan fingerprint density at radius 2 is 1.83 bits per heavy atom. The first-order chi connectivity index (χ1) is 8.68. The average molecular weight is 260 g/mol. The maximum Gasteiger partial charge on any atom is 0.331 e. The van der Waals surface area contributed by atoms with Gasteiger partial charge in [-0.1, -0.05) is 17.7 Å². The summed E-state index contributed by atoms with van der Waals surface area (Å²) in [5.41, 5.74) is 2.63. The standard InChI is InChI=1S/C14H11ClN2O/c1-16-12-4-2-3-9-17(12)13(14(16)18)10-5-7-11(15)8-6-10/h2-9H,1H3/p+1. The van der Waals surface area contributed by atoms with E-state index in [1.54, 1.807) is 4.57 Å². The highest BCUT2D eigenvalue weighted by atomic mass is 35.5. The molecule has 2 heterocycles. The molecule has 0 saturated heterocycles. The Bertz CT molecular complexity index is 716. The van der Waals surface area contributed by atoms with Crippen LogP contribution in [-0.2, 0) is 7.05 Å². The molecule has 0 fully saturated rings. The van der Waals surface area contributed by atoms with Crippen LogP contribution in [0.15, 0.2) is 48.7 Å². The van der Waals surface area contributed by atoms with Crippen LogP contribution >= 0.6 is 11.6 Å². The van der Waals surface area contributed by atoms with Gasteiger partial charge in [-0.3, -0.25) is 0 Å². The molecule has 18 heavy (non-hydrogen) atoms. The van der Waals surface area contributed by atoms with Crippen molar-refractivity contribution in [2.75, 3.05) is 0 Å². The third kappa shape index (κ3) is 1.56. The summed E-state index contributed by atoms with van der Waals surface area (Å²) in [7, 11) is 1.84. The molecule has 2 aromatic heterocycles. The van der Waals surface area contributed by atoms with E-state index in [0.717, 1.165) is 16.9 Å². The average Bonchev–Trinajstić information content (AvgIpc) is 2.64. The van der Waals surface area contributed by atoms with E-state index in [1.165, 1.54) is 0 Å². The Morgan fingerprint density at radius 1 is 1.11 bits per heavy atom. The normalized spacial score (nSPS) is 11.0. The van der Waals surface area contributed by atoms with Crippen LogP contribution in [0.3, 0.4) is 0 Å². The molecule has 0 bridgehead atoms. The van der Waals surface area contributed by atoms with Crippen molar-refractivity contribution in [3.8, 4) is 17.1 Å². The van der Waals surface area contributed by atoms with Gasteiger partial charge in [-0.15, -0.1) is 0 Å². The van der Waals surface area contributed by atoms with Crippen LogP contribution in [0.5, 0.6) is 5.88 Å². The predicted molar refractivity (Wildman–Crippen MR) is 70.7 cm³/mol. The summed E-state index contributed by atoms with van der Waals surface area (Å²) in [4.78, 5) is 0. The summed E-state index contributed by atoms with van der Waals surface area (Å²) in [5, 5.41) is 10.9. The molecule has 0 radical (unpaired) electrons. The Kier molecular flexibility index (Phi) is 2.49. The Labute approximate surface area is 109 Å². The first kappa shape index (κ1) is 11.1. The van der Waals surface area contributed by atoms with Gasteiger partial charge in [-0.2, -0.15) is 8.97 Å². The molecular weight excluding hydrogens is 248 g/mol. The van der Waals surface area contributed by atoms with Gasteiger partial charge in [-0.05, 0) is 30.3 Å². The van der Waals surface area contributed by atoms with E-state index in [1.807, 2.05) is 60.1 Å². The number of rotatable bonds is 1. The lowest BCUT2D eigenvalue weighted by Crippen LogP contribution is -2.26. The van der Waals surface area contributed by atoms with Crippen molar-refractivity contribution >= 4 is 17.2 Å². The molecule has 0 amide bonds. The van der Waals surface area contributed by atoms with E-state index >= 15 is 0 Å². The molecule has 0 unspecified atom stereocenters. The highest BCUT2D eigenvalue weighted by molar-refractivity contribution is 6.30. The van der Waals surface area contributed by atoms with Crippen LogP contribution in [-0.4, -0.2) is 9.51 Å². The van der Waals surface area contributed by atoms with Crippen molar-refractivity contribution in [3.63, 3.8) is 0 Å². The van der Waals surface area contributed by atoms with Crippen molar-refractivity contribution in [3.05, 3.63) is 53.7 Å². The van der Waals surface area contributed by atoms with Gasteiger partial charge in [0.2, 0.25) is 5.69 Å². The fourth-order valence-electron chi connectivity index (χ4n) is 2.15. The van der Waals surface area contributed by atoms with Crippen molar-refractivity contribution in [1.29, 1.82) is 0 Å². The van der Waals surface area contributed by atoms with Gasteiger partial charge >= 0.3 is 5.88 Å². The Hall–Kier alpha value is -2.00. The van der Waals surface area contributed by atoms with E-state index in [0.29, 0.717) is 5.02 Å². The maximum absolute atomic E-state index is 10.3. The van der Waals surface area contributed by atoms with Gasteiger partial charge in [0.1, 0.15) is 0 Å². The second-order valence-corrected chi connectivity index (χ2v) is 4.60. The lowest BCUT2D eigenvalue weighted by atomic mass is 10.1. The second kappa shape index (κ2) is 4.03. The highest BCUT2D eigenvalue weighted by Crippen LogP contribution is 2.28. The molecule has 3 nitrogen and oxygen atoms in total. The number of aromatic nitrogens is 2.